The molecule has 0 bridgehead atoms. The number of hydrogen-bond acceptors (Lipinski definition) is 5. The van der Waals surface area contributed by atoms with Crippen LogP contribution in [0.1, 0.15) is 83.1 Å². The summed E-state index contributed by atoms with van der Waals surface area (Å²) in [5.74, 6) is 0.0557. The Labute approximate surface area is 233 Å². The largest absolute Gasteiger partial charge is 0.476 e. The van der Waals surface area contributed by atoms with Crippen molar-refractivity contribution in [3.8, 4) is 5.75 Å². The van der Waals surface area contributed by atoms with Crippen LogP contribution in [0.3, 0.4) is 0 Å². The van der Waals surface area contributed by atoms with Gasteiger partial charge in [-0.3, -0.25) is 9.69 Å². The van der Waals surface area contributed by atoms with Gasteiger partial charge in [-0.25, -0.2) is 9.59 Å². The fourth-order valence-corrected chi connectivity index (χ4v) is 4.66. The van der Waals surface area contributed by atoms with E-state index in [-0.39, 0.29) is 11.9 Å². The summed E-state index contributed by atoms with van der Waals surface area (Å²) in [6.45, 7) is 15.9. The normalized spacial score (nSPS) is 16.2. The van der Waals surface area contributed by atoms with Gasteiger partial charge in [0.05, 0.1) is 6.54 Å². The van der Waals surface area contributed by atoms with Gasteiger partial charge in [0.2, 0.25) is 0 Å². The Bertz CT molecular complexity index is 1180. The lowest BCUT2D eigenvalue weighted by molar-refractivity contribution is -0.170. The van der Waals surface area contributed by atoms with Gasteiger partial charge in [0.1, 0.15) is 17.4 Å². The molecule has 1 unspecified atom stereocenters. The van der Waals surface area contributed by atoms with Crippen LogP contribution in [0.4, 0.5) is 4.79 Å². The van der Waals surface area contributed by atoms with E-state index in [1.165, 1.54) is 10.5 Å². The Morgan fingerprint density at radius 3 is 2.15 bits per heavy atom. The molecule has 0 radical (unpaired) electrons. The predicted octanol–water partition coefficient (Wildman–Crippen LogP) is 6.37. The third-order valence-electron chi connectivity index (χ3n) is 6.91. The van der Waals surface area contributed by atoms with E-state index in [9.17, 15) is 14.4 Å². The molecule has 3 amide bonds. The summed E-state index contributed by atoms with van der Waals surface area (Å²) in [7, 11) is 0. The van der Waals surface area contributed by atoms with E-state index in [1.807, 2.05) is 71.0 Å². The van der Waals surface area contributed by atoms with Crippen LogP contribution in [0.5, 0.6) is 5.75 Å². The van der Waals surface area contributed by atoms with E-state index in [2.05, 4.69) is 13.0 Å². The molecule has 39 heavy (non-hydrogen) atoms. The van der Waals surface area contributed by atoms with Crippen molar-refractivity contribution in [2.75, 3.05) is 6.54 Å². The fraction of sp³-hybridized carbons (Fsp3) is 0.531. The summed E-state index contributed by atoms with van der Waals surface area (Å²) >= 11 is 0. The first-order chi connectivity index (χ1) is 18.2. The average molecular weight is 537 g/mol. The number of carbonyl (C=O) groups excluding carboxylic acids is 3. The molecule has 1 heterocycles. The summed E-state index contributed by atoms with van der Waals surface area (Å²) < 4.78 is 11.4. The highest BCUT2D eigenvalue weighted by Gasteiger charge is 2.44. The lowest BCUT2D eigenvalue weighted by atomic mass is 10.0. The number of nitrogens with zero attached hydrogens (tertiary/aromatic N) is 2. The number of carbonyl (C=O) groups is 3. The lowest BCUT2D eigenvalue weighted by Crippen LogP contribution is -2.43. The molecule has 2 aromatic carbocycles. The number of ether oxygens (including phenoxy) is 2. The van der Waals surface area contributed by atoms with E-state index in [1.54, 1.807) is 18.7 Å². The van der Waals surface area contributed by atoms with Crippen LogP contribution in [-0.2, 0) is 27.3 Å². The zero-order valence-corrected chi connectivity index (χ0v) is 24.8. The summed E-state index contributed by atoms with van der Waals surface area (Å²) in [5.41, 5.74) is 2.71. The standard InChI is InChI=1S/C32H44N2O5/c1-9-19-33-27(28(35)34(30(33)37)21-25-14-13-22(2)23(3)20-25)12-10-11-24-15-17-26(18-16-24)38-32(7,8)29(36)39-31(4,5)6/h13-18,20,27H,9-12,19,21H2,1-8H3. The monoisotopic (exact) mass is 536 g/mol. The van der Waals surface area contributed by atoms with Gasteiger partial charge >= 0.3 is 12.0 Å². The minimum absolute atomic E-state index is 0.111. The van der Waals surface area contributed by atoms with Crippen molar-refractivity contribution in [1.29, 1.82) is 0 Å². The number of urea groups is 1. The van der Waals surface area contributed by atoms with Gasteiger partial charge in [0.15, 0.2) is 5.60 Å². The molecule has 1 saturated heterocycles. The van der Waals surface area contributed by atoms with Crippen LogP contribution in [0, 0.1) is 13.8 Å². The lowest BCUT2D eigenvalue weighted by Gasteiger charge is -2.29. The van der Waals surface area contributed by atoms with Gasteiger partial charge in [-0.1, -0.05) is 37.3 Å². The smallest absolute Gasteiger partial charge is 0.350 e. The van der Waals surface area contributed by atoms with Crippen LogP contribution in [0.25, 0.3) is 0 Å². The number of hydrogen-bond donors (Lipinski definition) is 0. The summed E-state index contributed by atoms with van der Waals surface area (Å²) in [5, 5.41) is 0. The van der Waals surface area contributed by atoms with Gasteiger partial charge in [0.25, 0.3) is 5.91 Å². The minimum atomic E-state index is -1.12. The molecule has 1 aliphatic rings. The highest BCUT2D eigenvalue weighted by atomic mass is 16.6. The van der Waals surface area contributed by atoms with E-state index in [4.69, 9.17) is 9.47 Å². The highest BCUT2D eigenvalue weighted by molar-refractivity contribution is 6.04. The number of imide groups is 1. The number of rotatable bonds is 11. The van der Waals surface area contributed by atoms with Crippen molar-refractivity contribution < 1.29 is 23.9 Å². The van der Waals surface area contributed by atoms with Crippen molar-refractivity contribution in [1.82, 2.24) is 9.80 Å². The van der Waals surface area contributed by atoms with E-state index < -0.39 is 23.2 Å². The van der Waals surface area contributed by atoms with Crippen molar-refractivity contribution in [2.45, 2.75) is 105 Å². The maximum atomic E-state index is 13.3. The fourth-order valence-electron chi connectivity index (χ4n) is 4.66. The highest BCUT2D eigenvalue weighted by Crippen LogP contribution is 2.26. The predicted molar refractivity (Wildman–Crippen MR) is 153 cm³/mol. The second kappa shape index (κ2) is 12.2. The first kappa shape index (κ1) is 30.2. The molecule has 3 rings (SSSR count). The van der Waals surface area contributed by atoms with Crippen LogP contribution >= 0.6 is 0 Å². The van der Waals surface area contributed by atoms with Gasteiger partial charge in [-0.05, 0) is 109 Å². The van der Waals surface area contributed by atoms with Crippen molar-refractivity contribution in [3.63, 3.8) is 0 Å². The van der Waals surface area contributed by atoms with E-state index in [0.717, 1.165) is 36.0 Å². The SMILES string of the molecule is CCCN1C(=O)N(Cc2ccc(C)c(C)c2)C(=O)C1CCCc1ccc(OC(C)(C)C(=O)OC(C)(C)C)cc1. The van der Waals surface area contributed by atoms with Crippen molar-refractivity contribution >= 4 is 17.9 Å². The molecule has 7 nitrogen and oxygen atoms in total. The molecular weight excluding hydrogens is 492 g/mol. The quantitative estimate of drug-likeness (QED) is 0.246. The van der Waals surface area contributed by atoms with Gasteiger partial charge in [0, 0.05) is 6.54 Å². The number of amides is 3. The van der Waals surface area contributed by atoms with Gasteiger partial charge in [-0.15, -0.1) is 0 Å². The first-order valence-electron chi connectivity index (χ1n) is 13.9. The molecule has 0 aromatic heterocycles. The van der Waals surface area contributed by atoms with Crippen LogP contribution in [0.2, 0.25) is 0 Å². The summed E-state index contributed by atoms with van der Waals surface area (Å²) in [4.78, 5) is 42.1. The van der Waals surface area contributed by atoms with E-state index in [0.29, 0.717) is 25.3 Å². The van der Waals surface area contributed by atoms with Crippen LogP contribution in [-0.4, -0.2) is 51.5 Å². The molecule has 1 aliphatic heterocycles. The van der Waals surface area contributed by atoms with Crippen molar-refractivity contribution in [2.24, 2.45) is 0 Å². The molecule has 1 atom stereocenters. The molecule has 2 aromatic rings. The Kier molecular flexibility index (Phi) is 9.47. The number of esters is 1. The second-order valence-electron chi connectivity index (χ2n) is 12.0. The minimum Gasteiger partial charge on any atom is -0.476 e. The number of aryl methyl sites for hydroxylation is 3. The Morgan fingerprint density at radius 1 is 0.923 bits per heavy atom. The Hall–Kier alpha value is -3.35. The maximum Gasteiger partial charge on any atom is 0.350 e. The Morgan fingerprint density at radius 2 is 1.56 bits per heavy atom. The average Bonchev–Trinajstić information content (AvgIpc) is 3.05. The molecule has 0 spiro atoms. The molecule has 0 aliphatic carbocycles. The zero-order chi connectivity index (χ0) is 29.0. The molecule has 0 saturated carbocycles. The molecular formula is C32H44N2O5. The van der Waals surface area contributed by atoms with Crippen molar-refractivity contribution in [3.05, 3.63) is 64.7 Å². The topological polar surface area (TPSA) is 76.2 Å². The maximum absolute atomic E-state index is 13.3. The first-order valence-corrected chi connectivity index (χ1v) is 13.9. The van der Waals surface area contributed by atoms with Crippen LogP contribution in [0.15, 0.2) is 42.5 Å². The molecule has 1 fully saturated rings. The molecule has 7 heteroatoms. The van der Waals surface area contributed by atoms with E-state index >= 15 is 0 Å². The molecule has 212 valence electrons. The van der Waals surface area contributed by atoms with Gasteiger partial charge < -0.3 is 14.4 Å². The molecule has 0 N–H and O–H groups in total. The Balaban J connectivity index is 1.59. The third-order valence-corrected chi connectivity index (χ3v) is 6.91. The second-order valence-corrected chi connectivity index (χ2v) is 12.0. The third kappa shape index (κ3) is 7.84. The summed E-state index contributed by atoms with van der Waals surface area (Å²) in [6.07, 6.45) is 2.95. The number of benzene rings is 2. The zero-order valence-electron chi connectivity index (χ0n) is 24.8. The van der Waals surface area contributed by atoms with Crippen LogP contribution < -0.4 is 4.74 Å². The summed E-state index contributed by atoms with van der Waals surface area (Å²) in [6, 6.07) is 13.1. The van der Waals surface area contributed by atoms with Gasteiger partial charge in [-0.2, -0.15) is 0 Å².